The number of halogens is 1. The van der Waals surface area contributed by atoms with Crippen LogP contribution in [-0.4, -0.2) is 29.3 Å². The van der Waals surface area contributed by atoms with E-state index in [4.69, 9.17) is 0 Å². The molecule has 2 amide bonds. The minimum Gasteiger partial charge on any atom is -0.372 e. The SMILES string of the molecule is CCCN1C(=O)CC(Nc2c(C)cc(C)cc2Br)C1=O. The van der Waals surface area contributed by atoms with E-state index in [0.717, 1.165) is 27.7 Å². The highest BCUT2D eigenvalue weighted by molar-refractivity contribution is 9.10. The van der Waals surface area contributed by atoms with Crippen molar-refractivity contribution in [2.24, 2.45) is 0 Å². The Morgan fingerprint density at radius 3 is 2.65 bits per heavy atom. The minimum atomic E-state index is -0.452. The van der Waals surface area contributed by atoms with Crippen LogP contribution in [0.5, 0.6) is 0 Å². The molecule has 0 radical (unpaired) electrons. The molecule has 108 valence electrons. The van der Waals surface area contributed by atoms with Gasteiger partial charge in [-0.25, -0.2) is 0 Å². The molecule has 1 unspecified atom stereocenters. The molecule has 0 saturated carbocycles. The molecule has 2 rings (SSSR count). The third kappa shape index (κ3) is 2.87. The predicted molar refractivity (Wildman–Crippen MR) is 82.7 cm³/mol. The molecular formula is C15H19BrN2O2. The lowest BCUT2D eigenvalue weighted by Gasteiger charge is -2.18. The first-order chi connectivity index (χ1) is 9.43. The van der Waals surface area contributed by atoms with E-state index in [2.05, 4.69) is 27.3 Å². The Bertz CT molecular complexity index is 534. The van der Waals surface area contributed by atoms with E-state index in [9.17, 15) is 9.59 Å². The summed E-state index contributed by atoms with van der Waals surface area (Å²) >= 11 is 3.51. The summed E-state index contributed by atoms with van der Waals surface area (Å²) in [7, 11) is 0. The van der Waals surface area contributed by atoms with Gasteiger partial charge in [-0.05, 0) is 53.4 Å². The predicted octanol–water partition coefficient (Wildman–Crippen LogP) is 3.02. The average molecular weight is 339 g/mol. The van der Waals surface area contributed by atoms with Crippen LogP contribution in [0.4, 0.5) is 5.69 Å². The molecule has 20 heavy (non-hydrogen) atoms. The first kappa shape index (κ1) is 15.0. The summed E-state index contributed by atoms with van der Waals surface area (Å²) in [5.41, 5.74) is 3.10. The van der Waals surface area contributed by atoms with Crippen molar-refractivity contribution in [2.75, 3.05) is 11.9 Å². The number of amides is 2. The van der Waals surface area contributed by atoms with Crippen LogP contribution < -0.4 is 5.32 Å². The van der Waals surface area contributed by atoms with Crippen LogP contribution in [-0.2, 0) is 9.59 Å². The zero-order valence-electron chi connectivity index (χ0n) is 12.0. The van der Waals surface area contributed by atoms with Gasteiger partial charge in [0.05, 0.1) is 12.1 Å². The summed E-state index contributed by atoms with van der Waals surface area (Å²) in [6, 6.07) is 3.60. The lowest BCUT2D eigenvalue weighted by molar-refractivity contribution is -0.138. The summed E-state index contributed by atoms with van der Waals surface area (Å²) in [6.07, 6.45) is 1.02. The van der Waals surface area contributed by atoms with Crippen molar-refractivity contribution in [1.82, 2.24) is 4.90 Å². The van der Waals surface area contributed by atoms with Crippen molar-refractivity contribution in [3.05, 3.63) is 27.7 Å². The Hall–Kier alpha value is -1.36. The van der Waals surface area contributed by atoms with Gasteiger partial charge in [0.15, 0.2) is 0 Å². The van der Waals surface area contributed by atoms with Crippen LogP contribution in [0, 0.1) is 13.8 Å². The topological polar surface area (TPSA) is 49.4 Å². The number of carbonyl (C=O) groups excluding carboxylic acids is 2. The van der Waals surface area contributed by atoms with Gasteiger partial charge >= 0.3 is 0 Å². The molecule has 1 fully saturated rings. The van der Waals surface area contributed by atoms with Crippen LogP contribution >= 0.6 is 15.9 Å². The van der Waals surface area contributed by atoms with Gasteiger partial charge in [0.2, 0.25) is 5.91 Å². The number of imide groups is 1. The fourth-order valence-electron chi connectivity index (χ4n) is 2.53. The summed E-state index contributed by atoms with van der Waals surface area (Å²) in [6.45, 7) is 6.48. The first-order valence-electron chi connectivity index (χ1n) is 6.81. The van der Waals surface area contributed by atoms with E-state index in [1.54, 1.807) is 0 Å². The number of anilines is 1. The second kappa shape index (κ2) is 5.95. The van der Waals surface area contributed by atoms with Crippen molar-refractivity contribution in [3.63, 3.8) is 0 Å². The van der Waals surface area contributed by atoms with E-state index >= 15 is 0 Å². The van der Waals surface area contributed by atoms with Crippen molar-refractivity contribution in [1.29, 1.82) is 0 Å². The zero-order valence-corrected chi connectivity index (χ0v) is 13.6. The Morgan fingerprint density at radius 1 is 1.35 bits per heavy atom. The summed E-state index contributed by atoms with van der Waals surface area (Å²) in [5, 5.41) is 3.21. The molecule has 5 heteroatoms. The molecule has 1 aromatic rings. The van der Waals surface area contributed by atoms with E-state index in [0.29, 0.717) is 6.54 Å². The average Bonchev–Trinajstić information content (AvgIpc) is 2.62. The number of benzene rings is 1. The Morgan fingerprint density at radius 2 is 2.05 bits per heavy atom. The van der Waals surface area contributed by atoms with Crippen LogP contribution in [0.3, 0.4) is 0 Å². The van der Waals surface area contributed by atoms with Gasteiger partial charge in [-0.15, -0.1) is 0 Å². The molecule has 0 aliphatic carbocycles. The number of hydrogen-bond acceptors (Lipinski definition) is 3. The summed E-state index contributed by atoms with van der Waals surface area (Å²) < 4.78 is 0.921. The number of likely N-dealkylation sites (tertiary alicyclic amines) is 1. The molecule has 0 spiro atoms. The quantitative estimate of drug-likeness (QED) is 0.858. The summed E-state index contributed by atoms with van der Waals surface area (Å²) in [4.78, 5) is 25.4. The second-order valence-corrected chi connectivity index (χ2v) is 6.08. The lowest BCUT2D eigenvalue weighted by atomic mass is 10.1. The number of hydrogen-bond donors (Lipinski definition) is 1. The van der Waals surface area contributed by atoms with Crippen molar-refractivity contribution in [2.45, 2.75) is 39.7 Å². The third-order valence-electron chi connectivity index (χ3n) is 3.44. The zero-order chi connectivity index (χ0) is 14.9. The van der Waals surface area contributed by atoms with Crippen molar-refractivity contribution < 1.29 is 9.59 Å². The Labute approximate surface area is 127 Å². The van der Waals surface area contributed by atoms with Crippen molar-refractivity contribution >= 4 is 33.4 Å². The van der Waals surface area contributed by atoms with Crippen LogP contribution in [0.25, 0.3) is 0 Å². The highest BCUT2D eigenvalue weighted by Gasteiger charge is 2.38. The Kier molecular flexibility index (Phi) is 4.48. The van der Waals surface area contributed by atoms with Gasteiger partial charge in [0, 0.05) is 11.0 Å². The standard InChI is InChI=1S/C15H19BrN2O2/c1-4-5-18-13(19)8-12(15(18)20)17-14-10(3)6-9(2)7-11(14)16/h6-7,12,17H,4-5,8H2,1-3H3. The van der Waals surface area contributed by atoms with Gasteiger partial charge in [-0.1, -0.05) is 13.0 Å². The van der Waals surface area contributed by atoms with E-state index in [-0.39, 0.29) is 18.2 Å². The molecular weight excluding hydrogens is 320 g/mol. The van der Waals surface area contributed by atoms with Gasteiger partial charge in [0.25, 0.3) is 5.91 Å². The number of aryl methyl sites for hydroxylation is 2. The third-order valence-corrected chi connectivity index (χ3v) is 4.07. The highest BCUT2D eigenvalue weighted by atomic mass is 79.9. The van der Waals surface area contributed by atoms with Crippen LogP contribution in [0.1, 0.15) is 30.9 Å². The molecule has 4 nitrogen and oxygen atoms in total. The minimum absolute atomic E-state index is 0.0877. The monoisotopic (exact) mass is 338 g/mol. The molecule has 1 aliphatic heterocycles. The normalized spacial score (nSPS) is 18.8. The number of carbonyl (C=O) groups is 2. The van der Waals surface area contributed by atoms with Gasteiger partial charge in [-0.3, -0.25) is 14.5 Å². The molecule has 0 bridgehead atoms. The Balaban J connectivity index is 2.20. The molecule has 1 heterocycles. The molecule has 1 atom stereocenters. The van der Waals surface area contributed by atoms with Gasteiger partial charge in [0.1, 0.15) is 6.04 Å². The van der Waals surface area contributed by atoms with Crippen molar-refractivity contribution in [3.8, 4) is 0 Å². The maximum atomic E-state index is 12.2. The molecule has 1 N–H and O–H groups in total. The molecule has 1 saturated heterocycles. The first-order valence-corrected chi connectivity index (χ1v) is 7.60. The molecule has 1 aliphatic rings. The lowest BCUT2D eigenvalue weighted by Crippen LogP contribution is -2.35. The number of rotatable bonds is 4. The van der Waals surface area contributed by atoms with E-state index in [1.807, 2.05) is 26.8 Å². The fraction of sp³-hybridized carbons (Fsp3) is 0.467. The van der Waals surface area contributed by atoms with E-state index < -0.39 is 6.04 Å². The fourth-order valence-corrected chi connectivity index (χ4v) is 3.32. The van der Waals surface area contributed by atoms with Gasteiger partial charge < -0.3 is 5.32 Å². The maximum absolute atomic E-state index is 12.2. The highest BCUT2D eigenvalue weighted by Crippen LogP contribution is 2.30. The summed E-state index contributed by atoms with van der Waals surface area (Å²) in [5.74, 6) is -0.209. The van der Waals surface area contributed by atoms with E-state index in [1.165, 1.54) is 4.90 Å². The molecule has 1 aromatic carbocycles. The smallest absolute Gasteiger partial charge is 0.252 e. The van der Waals surface area contributed by atoms with Crippen LogP contribution in [0.2, 0.25) is 0 Å². The van der Waals surface area contributed by atoms with Gasteiger partial charge in [-0.2, -0.15) is 0 Å². The number of nitrogens with zero attached hydrogens (tertiary/aromatic N) is 1. The molecule has 0 aromatic heterocycles. The second-order valence-electron chi connectivity index (χ2n) is 5.22. The number of nitrogens with one attached hydrogen (secondary N) is 1. The van der Waals surface area contributed by atoms with Crippen LogP contribution in [0.15, 0.2) is 16.6 Å². The maximum Gasteiger partial charge on any atom is 0.252 e. The largest absolute Gasteiger partial charge is 0.372 e.